The van der Waals surface area contributed by atoms with Crippen LogP contribution in [0.15, 0.2) is 0 Å². The van der Waals surface area contributed by atoms with Crippen molar-refractivity contribution in [2.75, 3.05) is 32.1 Å². The maximum Gasteiger partial charge on any atom is 0.225 e. The molecule has 0 fully saturated rings. The third kappa shape index (κ3) is 2.82. The van der Waals surface area contributed by atoms with Gasteiger partial charge in [0.25, 0.3) is 0 Å². The number of hydrogen-bond donors (Lipinski definition) is 1. The van der Waals surface area contributed by atoms with Gasteiger partial charge in [-0.2, -0.15) is 0 Å². The van der Waals surface area contributed by atoms with Gasteiger partial charge in [-0.05, 0) is 40.2 Å². The lowest BCUT2D eigenvalue weighted by molar-refractivity contribution is 0.370. The number of aromatic amines is 1. The van der Waals surface area contributed by atoms with Crippen molar-refractivity contribution in [1.29, 1.82) is 0 Å². The largest absolute Gasteiger partial charge is 0.337 e. The molecule has 0 radical (unpaired) electrons. The number of likely N-dealkylation sites (N-methyl/N-ethyl adjacent to an activating group) is 2. The number of nitrogens with zero attached hydrogens (tertiary/aromatic N) is 4. The molecule has 92 valence electrons. The third-order valence-electron chi connectivity index (χ3n) is 2.62. The van der Waals surface area contributed by atoms with Crippen LogP contribution < -0.4 is 4.90 Å². The van der Waals surface area contributed by atoms with E-state index in [1.165, 1.54) is 0 Å². The van der Waals surface area contributed by atoms with Crippen LogP contribution in [0.4, 0.5) is 5.95 Å². The van der Waals surface area contributed by atoms with Crippen molar-refractivity contribution in [3.05, 3.63) is 4.77 Å². The summed E-state index contributed by atoms with van der Waals surface area (Å²) in [6.45, 7) is 6.24. The van der Waals surface area contributed by atoms with E-state index in [0.29, 0.717) is 10.8 Å². The molecule has 0 aliphatic carbocycles. The molecule has 16 heavy (non-hydrogen) atoms. The maximum atomic E-state index is 5.12. The highest BCUT2D eigenvalue weighted by molar-refractivity contribution is 7.71. The van der Waals surface area contributed by atoms with Crippen molar-refractivity contribution < 1.29 is 0 Å². The van der Waals surface area contributed by atoms with Gasteiger partial charge in [0.1, 0.15) is 0 Å². The number of hydrogen-bond acceptors (Lipinski definition) is 4. The summed E-state index contributed by atoms with van der Waals surface area (Å²) in [6.07, 6.45) is 0. The second kappa shape index (κ2) is 5.45. The van der Waals surface area contributed by atoms with Crippen molar-refractivity contribution >= 4 is 18.2 Å². The fourth-order valence-corrected chi connectivity index (χ4v) is 2.00. The van der Waals surface area contributed by atoms with Crippen LogP contribution in [-0.4, -0.2) is 52.9 Å². The van der Waals surface area contributed by atoms with Crippen LogP contribution >= 0.6 is 12.2 Å². The summed E-state index contributed by atoms with van der Waals surface area (Å²) in [5, 5.41) is 7.09. The van der Waals surface area contributed by atoms with Gasteiger partial charge in [0.15, 0.2) is 4.77 Å². The second-order valence-electron chi connectivity index (χ2n) is 4.29. The fraction of sp³-hybridized carbons (Fsp3) is 0.800. The van der Waals surface area contributed by atoms with Crippen molar-refractivity contribution in [2.45, 2.75) is 19.9 Å². The lowest BCUT2D eigenvalue weighted by atomic mass is 10.3. The summed E-state index contributed by atoms with van der Waals surface area (Å²) >= 11 is 5.12. The second-order valence-corrected chi connectivity index (χ2v) is 4.67. The van der Waals surface area contributed by atoms with Gasteiger partial charge in [0.05, 0.1) is 0 Å². The minimum Gasteiger partial charge on any atom is -0.337 e. The van der Waals surface area contributed by atoms with Crippen molar-refractivity contribution in [1.82, 2.24) is 19.7 Å². The fourth-order valence-electron chi connectivity index (χ4n) is 1.87. The molecule has 0 aliphatic heterocycles. The number of H-pyrrole nitrogens is 1. The summed E-state index contributed by atoms with van der Waals surface area (Å²) in [6, 6.07) is 0.406. The van der Waals surface area contributed by atoms with E-state index in [-0.39, 0.29) is 0 Å². The molecular weight excluding hydrogens is 222 g/mol. The molecule has 1 aromatic rings. The van der Waals surface area contributed by atoms with Crippen LogP contribution in [0.3, 0.4) is 0 Å². The van der Waals surface area contributed by atoms with Gasteiger partial charge in [-0.3, -0.25) is 4.57 Å². The Bertz CT molecular complexity index is 381. The quantitative estimate of drug-likeness (QED) is 0.790. The lowest BCUT2D eigenvalue weighted by Crippen LogP contribution is -2.41. The van der Waals surface area contributed by atoms with Crippen LogP contribution in [0.25, 0.3) is 0 Å². The molecule has 0 saturated heterocycles. The zero-order chi connectivity index (χ0) is 12.3. The van der Waals surface area contributed by atoms with Gasteiger partial charge < -0.3 is 9.80 Å². The van der Waals surface area contributed by atoms with Gasteiger partial charge in [0, 0.05) is 26.2 Å². The molecule has 0 bridgehead atoms. The number of nitrogens with one attached hydrogen (secondary N) is 1. The number of rotatable bonds is 5. The SMILES string of the molecule is CCN(c1n[nH]c(=S)n1C)C(C)CN(C)C. The van der Waals surface area contributed by atoms with E-state index in [2.05, 4.69) is 47.9 Å². The highest BCUT2D eigenvalue weighted by atomic mass is 32.1. The normalized spacial score (nSPS) is 13.1. The molecule has 0 saturated carbocycles. The molecule has 0 amide bonds. The summed E-state index contributed by atoms with van der Waals surface area (Å²) in [5.74, 6) is 0.904. The van der Waals surface area contributed by atoms with Crippen molar-refractivity contribution in [3.63, 3.8) is 0 Å². The first-order valence-corrected chi connectivity index (χ1v) is 5.91. The summed E-state index contributed by atoms with van der Waals surface area (Å²) in [4.78, 5) is 4.42. The minimum atomic E-state index is 0.406. The zero-order valence-electron chi connectivity index (χ0n) is 10.7. The molecule has 1 unspecified atom stereocenters. The Morgan fingerprint density at radius 3 is 2.50 bits per heavy atom. The lowest BCUT2D eigenvalue weighted by Gasteiger charge is -2.30. The average Bonchev–Trinajstić information content (AvgIpc) is 2.50. The van der Waals surface area contributed by atoms with E-state index < -0.39 is 0 Å². The van der Waals surface area contributed by atoms with Crippen molar-refractivity contribution in [3.8, 4) is 0 Å². The molecule has 1 rings (SSSR count). The monoisotopic (exact) mass is 243 g/mol. The van der Waals surface area contributed by atoms with Crippen LogP contribution in [0.5, 0.6) is 0 Å². The molecule has 5 nitrogen and oxygen atoms in total. The predicted octanol–water partition coefficient (Wildman–Crippen LogP) is 1.25. The van der Waals surface area contributed by atoms with E-state index in [0.717, 1.165) is 19.0 Å². The van der Waals surface area contributed by atoms with Gasteiger partial charge in [-0.25, -0.2) is 5.10 Å². The Labute approximate surface area is 102 Å². The van der Waals surface area contributed by atoms with Crippen LogP contribution in [0.1, 0.15) is 13.8 Å². The zero-order valence-corrected chi connectivity index (χ0v) is 11.5. The van der Waals surface area contributed by atoms with E-state index in [4.69, 9.17) is 12.2 Å². The Balaban J connectivity index is 2.90. The predicted molar refractivity (Wildman–Crippen MR) is 69.4 cm³/mol. The van der Waals surface area contributed by atoms with Crippen LogP contribution in [-0.2, 0) is 7.05 Å². The Kier molecular flexibility index (Phi) is 4.49. The molecule has 1 atom stereocenters. The molecule has 0 aromatic carbocycles. The van der Waals surface area contributed by atoms with Crippen LogP contribution in [0.2, 0.25) is 0 Å². The molecular formula is C10H21N5S. The van der Waals surface area contributed by atoms with Gasteiger partial charge >= 0.3 is 0 Å². The van der Waals surface area contributed by atoms with Gasteiger partial charge in [-0.15, -0.1) is 5.10 Å². The van der Waals surface area contributed by atoms with E-state index >= 15 is 0 Å². The van der Waals surface area contributed by atoms with Gasteiger partial charge in [0.2, 0.25) is 5.95 Å². The highest BCUT2D eigenvalue weighted by Gasteiger charge is 2.17. The van der Waals surface area contributed by atoms with E-state index in [9.17, 15) is 0 Å². The molecule has 6 heteroatoms. The third-order valence-corrected chi connectivity index (χ3v) is 2.98. The van der Waals surface area contributed by atoms with E-state index in [1.807, 2.05) is 11.6 Å². The first-order chi connectivity index (χ1) is 7.47. The number of anilines is 1. The summed E-state index contributed by atoms with van der Waals surface area (Å²) in [5.41, 5.74) is 0. The molecule has 0 spiro atoms. The highest BCUT2D eigenvalue weighted by Crippen LogP contribution is 2.13. The molecule has 1 N–H and O–H groups in total. The van der Waals surface area contributed by atoms with E-state index in [1.54, 1.807) is 0 Å². The summed E-state index contributed by atoms with van der Waals surface area (Å²) < 4.78 is 2.57. The van der Waals surface area contributed by atoms with Crippen LogP contribution in [0, 0.1) is 4.77 Å². The van der Waals surface area contributed by atoms with Crippen molar-refractivity contribution in [2.24, 2.45) is 7.05 Å². The Morgan fingerprint density at radius 1 is 1.50 bits per heavy atom. The average molecular weight is 243 g/mol. The topological polar surface area (TPSA) is 40.1 Å². The minimum absolute atomic E-state index is 0.406. The first kappa shape index (κ1) is 13.2. The standard InChI is InChI=1S/C10H21N5S/c1-6-15(8(2)7-13(3)4)9-11-12-10(16)14(9)5/h8H,6-7H2,1-5H3,(H,12,16). The molecule has 1 heterocycles. The Morgan fingerprint density at radius 2 is 2.12 bits per heavy atom. The molecule has 0 aliphatic rings. The van der Waals surface area contributed by atoms with Gasteiger partial charge in [-0.1, -0.05) is 0 Å². The Hall–Kier alpha value is -0.880. The first-order valence-electron chi connectivity index (χ1n) is 5.50. The summed E-state index contributed by atoms with van der Waals surface area (Å²) in [7, 11) is 6.09. The molecule has 1 aromatic heterocycles. The smallest absolute Gasteiger partial charge is 0.225 e. The maximum absolute atomic E-state index is 5.12. The number of aromatic nitrogens is 3.